The Hall–Kier alpha value is -2.34. The molecule has 1 aromatic heterocycles. The van der Waals surface area contributed by atoms with Crippen molar-refractivity contribution in [3.63, 3.8) is 0 Å². The van der Waals surface area contributed by atoms with Gasteiger partial charge in [-0.05, 0) is 52.0 Å². The van der Waals surface area contributed by atoms with Crippen LogP contribution in [0.15, 0.2) is 24.3 Å². The van der Waals surface area contributed by atoms with Gasteiger partial charge in [0.15, 0.2) is 6.10 Å². The summed E-state index contributed by atoms with van der Waals surface area (Å²) in [5.74, 6) is -1.88. The van der Waals surface area contributed by atoms with Crippen LogP contribution >= 0.6 is 11.6 Å². The Morgan fingerprint density at radius 2 is 2.00 bits per heavy atom. The second kappa shape index (κ2) is 7.70. The van der Waals surface area contributed by atoms with Crippen LogP contribution < -0.4 is 5.32 Å². The SMILES string of the molecule is CCn1c(C)cc(C(=O)O[C@H](C)C(=O)Nc2ccc(Cl)cc2F)c1C. The lowest BCUT2D eigenvalue weighted by Crippen LogP contribution is -2.30. The van der Waals surface area contributed by atoms with Crippen molar-refractivity contribution in [1.82, 2.24) is 4.57 Å². The molecule has 0 aliphatic rings. The highest BCUT2D eigenvalue weighted by Crippen LogP contribution is 2.20. The molecule has 1 N–H and O–H groups in total. The normalized spacial score (nSPS) is 11.9. The molecule has 1 atom stereocenters. The van der Waals surface area contributed by atoms with Crippen LogP contribution in [0.2, 0.25) is 5.02 Å². The molecule has 0 saturated heterocycles. The summed E-state index contributed by atoms with van der Waals surface area (Å²) in [7, 11) is 0. The Morgan fingerprint density at radius 3 is 2.56 bits per heavy atom. The van der Waals surface area contributed by atoms with E-state index in [1.54, 1.807) is 6.07 Å². The zero-order valence-corrected chi connectivity index (χ0v) is 15.3. The molecule has 1 aromatic carbocycles. The van der Waals surface area contributed by atoms with Crippen molar-refractivity contribution in [2.75, 3.05) is 5.32 Å². The quantitative estimate of drug-likeness (QED) is 0.810. The van der Waals surface area contributed by atoms with Crippen LogP contribution in [-0.2, 0) is 16.1 Å². The van der Waals surface area contributed by atoms with E-state index in [0.29, 0.717) is 5.56 Å². The summed E-state index contributed by atoms with van der Waals surface area (Å²) < 4.78 is 20.9. The van der Waals surface area contributed by atoms with Crippen LogP contribution in [0.4, 0.5) is 10.1 Å². The van der Waals surface area contributed by atoms with Gasteiger partial charge in [-0.25, -0.2) is 9.18 Å². The number of aryl methyl sites for hydroxylation is 1. The van der Waals surface area contributed by atoms with Crippen LogP contribution in [0.25, 0.3) is 0 Å². The summed E-state index contributed by atoms with van der Waals surface area (Å²) in [5, 5.41) is 2.60. The van der Waals surface area contributed by atoms with Gasteiger partial charge in [-0.1, -0.05) is 11.6 Å². The van der Waals surface area contributed by atoms with Gasteiger partial charge in [0.05, 0.1) is 11.3 Å². The lowest BCUT2D eigenvalue weighted by atomic mass is 10.2. The number of hydrogen-bond donors (Lipinski definition) is 1. The number of benzene rings is 1. The number of anilines is 1. The Morgan fingerprint density at radius 1 is 1.32 bits per heavy atom. The predicted octanol–water partition coefficient (Wildman–Crippen LogP) is 4.10. The van der Waals surface area contributed by atoms with Crippen molar-refractivity contribution in [3.8, 4) is 0 Å². The molecule has 1 amide bonds. The van der Waals surface area contributed by atoms with Gasteiger partial charge in [-0.3, -0.25) is 4.79 Å². The smallest absolute Gasteiger partial charge is 0.340 e. The molecule has 25 heavy (non-hydrogen) atoms. The summed E-state index contributed by atoms with van der Waals surface area (Å²) in [6.07, 6.45) is -1.08. The first-order valence-electron chi connectivity index (χ1n) is 7.88. The van der Waals surface area contributed by atoms with E-state index in [1.807, 2.05) is 25.3 Å². The molecule has 0 spiro atoms. The number of aromatic nitrogens is 1. The van der Waals surface area contributed by atoms with E-state index in [0.717, 1.165) is 24.0 Å². The minimum Gasteiger partial charge on any atom is -0.449 e. The van der Waals surface area contributed by atoms with Crippen molar-refractivity contribution >= 4 is 29.2 Å². The summed E-state index contributed by atoms with van der Waals surface area (Å²) in [6, 6.07) is 5.62. The number of carbonyl (C=O) groups is 2. The fourth-order valence-corrected chi connectivity index (χ4v) is 2.76. The van der Waals surface area contributed by atoms with Crippen molar-refractivity contribution in [1.29, 1.82) is 0 Å². The van der Waals surface area contributed by atoms with E-state index in [4.69, 9.17) is 16.3 Å². The molecule has 7 heteroatoms. The first-order valence-corrected chi connectivity index (χ1v) is 8.26. The van der Waals surface area contributed by atoms with Gasteiger partial charge in [-0.2, -0.15) is 0 Å². The molecule has 0 fully saturated rings. The molecule has 2 aromatic rings. The standard InChI is InChI=1S/C18H20ClFN2O3/c1-5-22-10(2)8-14(11(22)3)18(24)25-12(4)17(23)21-16-7-6-13(19)9-15(16)20/h6-9,12H,5H2,1-4H3,(H,21,23)/t12-/m1/s1. The Balaban J connectivity index is 2.07. The third kappa shape index (κ3) is 4.20. The number of ether oxygens (including phenoxy) is 1. The van der Waals surface area contributed by atoms with Gasteiger partial charge in [0, 0.05) is 23.0 Å². The third-order valence-corrected chi connectivity index (χ3v) is 4.19. The number of amides is 1. The Bertz CT molecular complexity index is 817. The minimum atomic E-state index is -1.08. The maximum Gasteiger partial charge on any atom is 0.340 e. The lowest BCUT2D eigenvalue weighted by Gasteiger charge is -2.14. The Labute approximate surface area is 150 Å². The molecule has 0 radical (unpaired) electrons. The van der Waals surface area contributed by atoms with Crippen LogP contribution in [-0.4, -0.2) is 22.5 Å². The number of carbonyl (C=O) groups excluding carboxylic acids is 2. The van der Waals surface area contributed by atoms with Crippen molar-refractivity contribution in [2.24, 2.45) is 0 Å². The van der Waals surface area contributed by atoms with Crippen molar-refractivity contribution in [3.05, 3.63) is 52.1 Å². The first kappa shape index (κ1) is 19.0. The average Bonchev–Trinajstić information content (AvgIpc) is 2.84. The van der Waals surface area contributed by atoms with Crippen LogP contribution in [0.1, 0.15) is 35.6 Å². The molecular weight excluding hydrogens is 347 g/mol. The highest BCUT2D eigenvalue weighted by Gasteiger charge is 2.23. The number of hydrogen-bond acceptors (Lipinski definition) is 3. The summed E-state index contributed by atoms with van der Waals surface area (Å²) in [6.45, 7) is 7.86. The molecule has 0 saturated carbocycles. The number of nitrogens with zero attached hydrogens (tertiary/aromatic N) is 1. The van der Waals surface area contributed by atoms with Crippen LogP contribution in [0.3, 0.4) is 0 Å². The van der Waals surface area contributed by atoms with Gasteiger partial charge in [0.1, 0.15) is 5.82 Å². The second-order valence-corrected chi connectivity index (χ2v) is 6.13. The van der Waals surface area contributed by atoms with E-state index in [1.165, 1.54) is 19.1 Å². The molecule has 134 valence electrons. The predicted molar refractivity (Wildman–Crippen MR) is 94.5 cm³/mol. The number of esters is 1. The van der Waals surface area contributed by atoms with E-state index in [-0.39, 0.29) is 10.7 Å². The maximum absolute atomic E-state index is 13.7. The summed E-state index contributed by atoms with van der Waals surface area (Å²) >= 11 is 5.67. The molecule has 0 bridgehead atoms. The van der Waals surface area contributed by atoms with Gasteiger partial charge >= 0.3 is 5.97 Å². The van der Waals surface area contributed by atoms with Crippen molar-refractivity contribution in [2.45, 2.75) is 40.3 Å². The summed E-state index contributed by atoms with van der Waals surface area (Å²) in [4.78, 5) is 24.5. The van der Waals surface area contributed by atoms with Gasteiger partial charge in [0.25, 0.3) is 5.91 Å². The zero-order valence-electron chi connectivity index (χ0n) is 14.5. The molecular formula is C18H20ClFN2O3. The fourth-order valence-electron chi connectivity index (χ4n) is 2.60. The lowest BCUT2D eigenvalue weighted by molar-refractivity contribution is -0.123. The number of halogens is 2. The minimum absolute atomic E-state index is 0.0264. The van der Waals surface area contributed by atoms with Crippen molar-refractivity contribution < 1.29 is 18.7 Å². The van der Waals surface area contributed by atoms with E-state index in [2.05, 4.69) is 5.32 Å². The van der Waals surface area contributed by atoms with Gasteiger partial charge in [0.2, 0.25) is 0 Å². The highest BCUT2D eigenvalue weighted by molar-refractivity contribution is 6.30. The second-order valence-electron chi connectivity index (χ2n) is 5.69. The topological polar surface area (TPSA) is 60.3 Å². The van der Waals surface area contributed by atoms with Gasteiger partial charge < -0.3 is 14.6 Å². The summed E-state index contributed by atoms with van der Waals surface area (Å²) in [5.41, 5.74) is 2.10. The number of nitrogens with one attached hydrogen (secondary N) is 1. The van der Waals surface area contributed by atoms with E-state index < -0.39 is 23.8 Å². The zero-order chi connectivity index (χ0) is 18.7. The largest absolute Gasteiger partial charge is 0.449 e. The molecule has 5 nitrogen and oxygen atoms in total. The van der Waals surface area contributed by atoms with Crippen LogP contribution in [0, 0.1) is 19.7 Å². The van der Waals surface area contributed by atoms with Crippen LogP contribution in [0.5, 0.6) is 0 Å². The van der Waals surface area contributed by atoms with E-state index in [9.17, 15) is 14.0 Å². The molecule has 1 heterocycles. The average molecular weight is 367 g/mol. The maximum atomic E-state index is 13.7. The fraction of sp³-hybridized carbons (Fsp3) is 0.333. The first-order chi connectivity index (χ1) is 11.7. The molecule has 0 aliphatic carbocycles. The van der Waals surface area contributed by atoms with E-state index >= 15 is 0 Å². The Kier molecular flexibility index (Phi) is 5.85. The molecule has 0 unspecified atom stereocenters. The molecule has 0 aliphatic heterocycles. The molecule has 2 rings (SSSR count). The third-order valence-electron chi connectivity index (χ3n) is 3.95. The highest BCUT2D eigenvalue weighted by atomic mass is 35.5. The monoisotopic (exact) mass is 366 g/mol. The van der Waals surface area contributed by atoms with Gasteiger partial charge in [-0.15, -0.1) is 0 Å². The number of rotatable bonds is 5.